The molecule has 1 heterocycles. The molecule has 0 radical (unpaired) electrons. The summed E-state index contributed by atoms with van der Waals surface area (Å²) in [5.41, 5.74) is 2.06. The molecule has 1 N–H and O–H groups in total. The highest BCUT2D eigenvalue weighted by Gasteiger charge is 2.41. The third-order valence-electron chi connectivity index (χ3n) is 5.19. The lowest BCUT2D eigenvalue weighted by Crippen LogP contribution is -2.32. The fourth-order valence-corrected chi connectivity index (χ4v) is 3.68. The third kappa shape index (κ3) is 4.25. The van der Waals surface area contributed by atoms with Crippen LogP contribution in [0.1, 0.15) is 12.5 Å². The lowest BCUT2D eigenvalue weighted by molar-refractivity contribution is -0.120. The third-order valence-corrected chi connectivity index (χ3v) is 5.19. The van der Waals surface area contributed by atoms with Gasteiger partial charge in [0, 0.05) is 17.8 Å². The molecule has 0 saturated carbocycles. The first-order valence-electron chi connectivity index (χ1n) is 10.5. The van der Waals surface area contributed by atoms with E-state index in [1.54, 1.807) is 36.4 Å². The number of methoxy groups -OCH3 is 2. The molecule has 0 spiro atoms. The molecule has 0 saturated heterocycles. The number of anilines is 2. The fourth-order valence-electron chi connectivity index (χ4n) is 3.68. The Labute approximate surface area is 192 Å². The van der Waals surface area contributed by atoms with Gasteiger partial charge in [0.1, 0.15) is 22.9 Å². The van der Waals surface area contributed by atoms with Gasteiger partial charge in [0.25, 0.3) is 11.8 Å². The van der Waals surface area contributed by atoms with Gasteiger partial charge in [0.2, 0.25) is 0 Å². The summed E-state index contributed by atoms with van der Waals surface area (Å²) in [5, 5.41) is 3.15. The fraction of sp³-hybridized carbons (Fsp3) is 0.154. The lowest BCUT2D eigenvalue weighted by Gasteiger charge is -2.19. The summed E-state index contributed by atoms with van der Waals surface area (Å²) in [6.45, 7) is 2.42. The Hall–Kier alpha value is -4.26. The summed E-state index contributed by atoms with van der Waals surface area (Å²) in [7, 11) is 3.02. The van der Waals surface area contributed by atoms with Crippen molar-refractivity contribution in [3.8, 4) is 17.2 Å². The number of imide groups is 1. The van der Waals surface area contributed by atoms with E-state index in [4.69, 9.17) is 14.2 Å². The van der Waals surface area contributed by atoms with Gasteiger partial charge in [0.15, 0.2) is 0 Å². The Bertz CT molecular complexity index is 1220. The SMILES string of the molecule is CCOc1cccc(NC2=C(c3ccccc3)C(=O)N(c3ccc(OC)cc3OC)C2=O)c1. The highest BCUT2D eigenvalue weighted by Crippen LogP contribution is 2.39. The second-order valence-corrected chi connectivity index (χ2v) is 7.19. The van der Waals surface area contributed by atoms with E-state index in [1.165, 1.54) is 14.2 Å². The van der Waals surface area contributed by atoms with Crippen LogP contribution in [0.3, 0.4) is 0 Å². The van der Waals surface area contributed by atoms with E-state index in [-0.39, 0.29) is 11.3 Å². The molecule has 3 aromatic rings. The van der Waals surface area contributed by atoms with Crippen LogP contribution in [-0.2, 0) is 9.59 Å². The Balaban J connectivity index is 1.80. The van der Waals surface area contributed by atoms with Crippen molar-refractivity contribution < 1.29 is 23.8 Å². The van der Waals surface area contributed by atoms with E-state index in [0.717, 1.165) is 4.90 Å². The average molecular weight is 444 g/mol. The second kappa shape index (κ2) is 9.48. The maximum absolute atomic E-state index is 13.6. The zero-order valence-corrected chi connectivity index (χ0v) is 18.6. The van der Waals surface area contributed by atoms with Gasteiger partial charge in [-0.05, 0) is 36.8 Å². The topological polar surface area (TPSA) is 77.1 Å². The van der Waals surface area contributed by atoms with Gasteiger partial charge in [-0.1, -0.05) is 36.4 Å². The van der Waals surface area contributed by atoms with Crippen LogP contribution in [0.15, 0.2) is 78.5 Å². The summed E-state index contributed by atoms with van der Waals surface area (Å²) < 4.78 is 16.3. The molecule has 7 nitrogen and oxygen atoms in total. The highest BCUT2D eigenvalue weighted by molar-refractivity contribution is 6.46. The van der Waals surface area contributed by atoms with E-state index in [9.17, 15) is 9.59 Å². The van der Waals surface area contributed by atoms with Crippen molar-refractivity contribution in [1.29, 1.82) is 0 Å². The number of nitrogens with zero attached hydrogens (tertiary/aromatic N) is 1. The molecule has 168 valence electrons. The molecule has 0 aromatic heterocycles. The number of benzene rings is 3. The molecule has 2 amide bonds. The van der Waals surface area contributed by atoms with Crippen molar-refractivity contribution in [3.05, 3.63) is 84.1 Å². The van der Waals surface area contributed by atoms with E-state index in [1.807, 2.05) is 43.3 Å². The number of hydrogen-bond donors (Lipinski definition) is 1. The van der Waals surface area contributed by atoms with E-state index in [2.05, 4.69) is 5.32 Å². The minimum absolute atomic E-state index is 0.178. The highest BCUT2D eigenvalue weighted by atomic mass is 16.5. The standard InChI is InChI=1S/C26H24N2O5/c1-4-33-20-12-8-11-18(15-20)27-24-23(17-9-6-5-7-10-17)25(29)28(26(24)30)21-14-13-19(31-2)16-22(21)32-3/h5-16,27H,4H2,1-3H3. The molecule has 1 aliphatic heterocycles. The van der Waals surface area contributed by atoms with Crippen LogP contribution in [-0.4, -0.2) is 32.6 Å². The first-order valence-corrected chi connectivity index (χ1v) is 10.5. The van der Waals surface area contributed by atoms with Crippen molar-refractivity contribution in [1.82, 2.24) is 0 Å². The molecule has 0 atom stereocenters. The van der Waals surface area contributed by atoms with Gasteiger partial charge >= 0.3 is 0 Å². The van der Waals surface area contributed by atoms with Crippen LogP contribution in [0.2, 0.25) is 0 Å². The van der Waals surface area contributed by atoms with Crippen molar-refractivity contribution in [3.63, 3.8) is 0 Å². The minimum atomic E-state index is -0.482. The largest absolute Gasteiger partial charge is 0.497 e. The number of nitrogens with one attached hydrogen (secondary N) is 1. The molecule has 0 bridgehead atoms. The predicted octanol–water partition coefficient (Wildman–Crippen LogP) is 4.50. The quantitative estimate of drug-likeness (QED) is 0.516. The van der Waals surface area contributed by atoms with Crippen molar-refractivity contribution >= 4 is 28.8 Å². The zero-order chi connectivity index (χ0) is 23.4. The Morgan fingerprint density at radius 3 is 2.30 bits per heavy atom. The van der Waals surface area contributed by atoms with Gasteiger partial charge in [-0.3, -0.25) is 9.59 Å². The number of amides is 2. The van der Waals surface area contributed by atoms with Gasteiger partial charge in [0.05, 0.1) is 32.1 Å². The van der Waals surface area contributed by atoms with E-state index < -0.39 is 11.8 Å². The Kier molecular flexibility index (Phi) is 6.31. The first-order chi connectivity index (χ1) is 16.1. The Morgan fingerprint density at radius 1 is 0.818 bits per heavy atom. The molecule has 7 heteroatoms. The first kappa shape index (κ1) is 22.0. The van der Waals surface area contributed by atoms with Gasteiger partial charge in [-0.2, -0.15) is 0 Å². The van der Waals surface area contributed by atoms with Gasteiger partial charge < -0.3 is 19.5 Å². The molecule has 0 aliphatic carbocycles. The van der Waals surface area contributed by atoms with Crippen LogP contribution < -0.4 is 24.4 Å². The van der Waals surface area contributed by atoms with Crippen LogP contribution in [0.5, 0.6) is 17.2 Å². The van der Waals surface area contributed by atoms with Crippen LogP contribution in [0, 0.1) is 0 Å². The molecular weight excluding hydrogens is 420 g/mol. The zero-order valence-electron chi connectivity index (χ0n) is 18.6. The molecule has 1 aliphatic rings. The number of ether oxygens (including phenoxy) is 3. The number of carbonyl (C=O) groups is 2. The second-order valence-electron chi connectivity index (χ2n) is 7.19. The number of rotatable bonds is 8. The van der Waals surface area contributed by atoms with Gasteiger partial charge in [-0.15, -0.1) is 0 Å². The molecule has 3 aromatic carbocycles. The summed E-state index contributed by atoms with van der Waals surface area (Å²) in [5.74, 6) is 0.636. The molecular formula is C26H24N2O5. The minimum Gasteiger partial charge on any atom is -0.497 e. The van der Waals surface area contributed by atoms with Crippen LogP contribution in [0.4, 0.5) is 11.4 Å². The van der Waals surface area contributed by atoms with Crippen molar-refractivity contribution in [2.75, 3.05) is 31.0 Å². The smallest absolute Gasteiger partial charge is 0.282 e. The molecule has 4 rings (SSSR count). The predicted molar refractivity (Wildman–Crippen MR) is 127 cm³/mol. The van der Waals surface area contributed by atoms with E-state index >= 15 is 0 Å². The maximum Gasteiger partial charge on any atom is 0.282 e. The van der Waals surface area contributed by atoms with Crippen molar-refractivity contribution in [2.45, 2.75) is 6.92 Å². The average Bonchev–Trinajstić information content (AvgIpc) is 3.08. The maximum atomic E-state index is 13.6. The number of carbonyl (C=O) groups excluding carboxylic acids is 2. The molecule has 0 unspecified atom stereocenters. The van der Waals surface area contributed by atoms with Crippen molar-refractivity contribution in [2.24, 2.45) is 0 Å². The molecule has 0 fully saturated rings. The summed E-state index contributed by atoms with van der Waals surface area (Å²) in [6.07, 6.45) is 0. The lowest BCUT2D eigenvalue weighted by atomic mass is 10.0. The summed E-state index contributed by atoms with van der Waals surface area (Å²) >= 11 is 0. The normalized spacial score (nSPS) is 13.4. The van der Waals surface area contributed by atoms with E-state index in [0.29, 0.717) is 40.8 Å². The monoisotopic (exact) mass is 444 g/mol. The van der Waals surface area contributed by atoms with Crippen LogP contribution in [0.25, 0.3) is 5.57 Å². The van der Waals surface area contributed by atoms with Gasteiger partial charge in [-0.25, -0.2) is 4.90 Å². The van der Waals surface area contributed by atoms with Crippen LogP contribution >= 0.6 is 0 Å². The molecule has 33 heavy (non-hydrogen) atoms. The Morgan fingerprint density at radius 2 is 1.61 bits per heavy atom. The summed E-state index contributed by atoms with van der Waals surface area (Å²) in [4.78, 5) is 28.3. The summed E-state index contributed by atoms with van der Waals surface area (Å²) in [6, 6.07) is 21.3. The number of hydrogen-bond acceptors (Lipinski definition) is 6.